The molecule has 0 aromatic rings. The van der Waals surface area contributed by atoms with E-state index in [9.17, 15) is 14.4 Å². The molecule has 5 nitrogen and oxygen atoms in total. The number of esters is 2. The minimum atomic E-state index is -0.961. The van der Waals surface area contributed by atoms with E-state index in [1.807, 2.05) is 0 Å². The van der Waals surface area contributed by atoms with Gasteiger partial charge in [-0.15, -0.1) is 0 Å². The summed E-state index contributed by atoms with van der Waals surface area (Å²) in [6.45, 7) is 3.87. The van der Waals surface area contributed by atoms with E-state index in [1.165, 1.54) is 13.8 Å². The number of carbonyl (C=O) groups excluding carboxylic acids is 3. The van der Waals surface area contributed by atoms with Crippen molar-refractivity contribution < 1.29 is 23.9 Å². The average Bonchev–Trinajstić information content (AvgIpc) is 2.11. The van der Waals surface area contributed by atoms with E-state index >= 15 is 0 Å². The van der Waals surface area contributed by atoms with Crippen LogP contribution in [0.1, 0.15) is 20.8 Å². The molecule has 0 radical (unpaired) electrons. The normalized spacial score (nSPS) is 10.5. The Morgan fingerprint density at radius 2 is 1.50 bits per heavy atom. The molecule has 0 spiro atoms. The summed E-state index contributed by atoms with van der Waals surface area (Å²) in [6.07, 6.45) is 0.610. The Hall–Kier alpha value is -1.39. The molecule has 0 heterocycles. The van der Waals surface area contributed by atoms with Gasteiger partial charge in [0, 0.05) is 13.8 Å². The van der Waals surface area contributed by atoms with Crippen molar-refractivity contribution in [2.75, 3.05) is 13.2 Å². The lowest BCUT2D eigenvalue weighted by molar-refractivity contribution is -0.151. The molecule has 0 bridgehead atoms. The van der Waals surface area contributed by atoms with E-state index in [4.69, 9.17) is 0 Å². The van der Waals surface area contributed by atoms with Crippen LogP contribution in [0, 0.1) is 5.41 Å². The highest BCUT2D eigenvalue weighted by molar-refractivity contribution is 5.68. The van der Waals surface area contributed by atoms with E-state index in [-0.39, 0.29) is 13.2 Å². The Morgan fingerprint density at radius 1 is 1.14 bits per heavy atom. The smallest absolute Gasteiger partial charge is 0.302 e. The maximum Gasteiger partial charge on any atom is 0.302 e. The Kier molecular flexibility index (Phi) is 4.83. The lowest BCUT2D eigenvalue weighted by Gasteiger charge is -2.21. The van der Waals surface area contributed by atoms with Crippen molar-refractivity contribution in [3.8, 4) is 0 Å². The molecule has 5 heteroatoms. The molecule has 0 fully saturated rings. The number of carbonyl (C=O) groups is 3. The van der Waals surface area contributed by atoms with Gasteiger partial charge < -0.3 is 14.3 Å². The molecule has 0 rings (SSSR count). The van der Waals surface area contributed by atoms with Gasteiger partial charge in [0.05, 0.1) is 5.41 Å². The monoisotopic (exact) mass is 202 g/mol. The molecule has 0 atom stereocenters. The largest absolute Gasteiger partial charge is 0.465 e. The number of rotatable bonds is 5. The third kappa shape index (κ3) is 5.29. The van der Waals surface area contributed by atoms with Gasteiger partial charge in [-0.1, -0.05) is 0 Å². The first-order chi connectivity index (χ1) is 6.39. The minimum Gasteiger partial charge on any atom is -0.465 e. The zero-order valence-corrected chi connectivity index (χ0v) is 8.53. The summed E-state index contributed by atoms with van der Waals surface area (Å²) in [5.41, 5.74) is -0.961. The van der Waals surface area contributed by atoms with Gasteiger partial charge in [-0.05, 0) is 6.92 Å². The van der Waals surface area contributed by atoms with Gasteiger partial charge in [0.1, 0.15) is 19.5 Å². The molecule has 0 saturated heterocycles. The fourth-order valence-corrected chi connectivity index (χ4v) is 0.643. The topological polar surface area (TPSA) is 69.7 Å². The first-order valence-corrected chi connectivity index (χ1v) is 4.13. The van der Waals surface area contributed by atoms with Gasteiger partial charge in [-0.2, -0.15) is 0 Å². The van der Waals surface area contributed by atoms with Gasteiger partial charge in [0.15, 0.2) is 0 Å². The molecule has 0 aliphatic heterocycles. The van der Waals surface area contributed by atoms with Crippen LogP contribution in [0.15, 0.2) is 0 Å². The predicted octanol–water partition coefficient (Wildman–Crippen LogP) is 0.318. The summed E-state index contributed by atoms with van der Waals surface area (Å²) in [4.78, 5) is 31.7. The van der Waals surface area contributed by atoms with E-state index in [1.54, 1.807) is 6.92 Å². The lowest BCUT2D eigenvalue weighted by atomic mass is 9.95. The standard InChI is InChI=1S/C9H14O5/c1-7(11)13-5-9(3,4-10)6-14-8(2)12/h4H,5-6H2,1-3H3. The number of aldehydes is 1. The Balaban J connectivity index is 4.10. The predicted molar refractivity (Wildman–Crippen MR) is 47.4 cm³/mol. The molecule has 0 N–H and O–H groups in total. The van der Waals surface area contributed by atoms with Crippen LogP contribution in [-0.2, 0) is 23.9 Å². The van der Waals surface area contributed by atoms with Crippen molar-refractivity contribution in [1.82, 2.24) is 0 Å². The third-order valence-corrected chi connectivity index (χ3v) is 1.49. The molecular weight excluding hydrogens is 188 g/mol. The van der Waals surface area contributed by atoms with Crippen LogP contribution >= 0.6 is 0 Å². The number of hydrogen-bond donors (Lipinski definition) is 0. The van der Waals surface area contributed by atoms with Crippen LogP contribution in [0.2, 0.25) is 0 Å². The summed E-state index contributed by atoms with van der Waals surface area (Å²) in [7, 11) is 0. The highest BCUT2D eigenvalue weighted by Gasteiger charge is 2.27. The summed E-state index contributed by atoms with van der Waals surface area (Å²) < 4.78 is 9.34. The average molecular weight is 202 g/mol. The Morgan fingerprint density at radius 3 is 1.71 bits per heavy atom. The van der Waals surface area contributed by atoms with Gasteiger partial charge in [-0.3, -0.25) is 9.59 Å². The van der Waals surface area contributed by atoms with Crippen molar-refractivity contribution in [2.45, 2.75) is 20.8 Å². The summed E-state index contributed by atoms with van der Waals surface area (Å²) in [6, 6.07) is 0. The Labute approximate surface area is 82.4 Å². The van der Waals surface area contributed by atoms with Crippen molar-refractivity contribution in [3.63, 3.8) is 0 Å². The minimum absolute atomic E-state index is 0.0842. The molecule has 14 heavy (non-hydrogen) atoms. The van der Waals surface area contributed by atoms with E-state index in [2.05, 4.69) is 9.47 Å². The maximum atomic E-state index is 10.7. The second kappa shape index (κ2) is 5.36. The van der Waals surface area contributed by atoms with Gasteiger partial charge >= 0.3 is 11.9 Å². The molecular formula is C9H14O5. The van der Waals surface area contributed by atoms with Crippen molar-refractivity contribution in [2.24, 2.45) is 5.41 Å². The van der Waals surface area contributed by atoms with Crippen LogP contribution in [-0.4, -0.2) is 31.4 Å². The first kappa shape index (κ1) is 12.6. The van der Waals surface area contributed by atoms with Gasteiger partial charge in [-0.25, -0.2) is 0 Å². The second-order valence-corrected chi connectivity index (χ2v) is 3.33. The fourth-order valence-electron chi connectivity index (χ4n) is 0.643. The Bertz CT molecular complexity index is 215. The van der Waals surface area contributed by atoms with Crippen LogP contribution in [0.5, 0.6) is 0 Å². The SMILES string of the molecule is CC(=O)OCC(C)(C=O)COC(C)=O. The second-order valence-electron chi connectivity index (χ2n) is 3.33. The molecule has 0 saturated carbocycles. The molecule has 0 aromatic carbocycles. The van der Waals surface area contributed by atoms with Crippen molar-refractivity contribution in [3.05, 3.63) is 0 Å². The van der Waals surface area contributed by atoms with E-state index in [0.717, 1.165) is 0 Å². The van der Waals surface area contributed by atoms with Gasteiger partial charge in [0.25, 0.3) is 0 Å². The highest BCUT2D eigenvalue weighted by atomic mass is 16.5. The van der Waals surface area contributed by atoms with Crippen LogP contribution < -0.4 is 0 Å². The van der Waals surface area contributed by atoms with Crippen molar-refractivity contribution in [1.29, 1.82) is 0 Å². The fraction of sp³-hybridized carbons (Fsp3) is 0.667. The molecule has 0 aromatic heterocycles. The molecule has 80 valence electrons. The molecule has 0 aliphatic carbocycles. The maximum absolute atomic E-state index is 10.7. The number of ether oxygens (including phenoxy) is 2. The van der Waals surface area contributed by atoms with Crippen LogP contribution in [0.3, 0.4) is 0 Å². The summed E-state index contributed by atoms with van der Waals surface area (Å²) >= 11 is 0. The number of hydrogen-bond acceptors (Lipinski definition) is 5. The van der Waals surface area contributed by atoms with Gasteiger partial charge in [0.2, 0.25) is 0 Å². The quantitative estimate of drug-likeness (QED) is 0.474. The van der Waals surface area contributed by atoms with Crippen LogP contribution in [0.25, 0.3) is 0 Å². The summed E-state index contributed by atoms with van der Waals surface area (Å²) in [5.74, 6) is -0.943. The lowest BCUT2D eigenvalue weighted by Crippen LogP contribution is -2.32. The van der Waals surface area contributed by atoms with Crippen LogP contribution in [0.4, 0.5) is 0 Å². The van der Waals surface area contributed by atoms with E-state index < -0.39 is 17.4 Å². The third-order valence-electron chi connectivity index (χ3n) is 1.49. The van der Waals surface area contributed by atoms with Crippen molar-refractivity contribution >= 4 is 18.2 Å². The zero-order valence-electron chi connectivity index (χ0n) is 8.53. The zero-order chi connectivity index (χ0) is 11.2. The molecule has 0 aliphatic rings. The summed E-state index contributed by atoms with van der Waals surface area (Å²) in [5, 5.41) is 0. The first-order valence-electron chi connectivity index (χ1n) is 4.13. The molecule has 0 unspecified atom stereocenters. The molecule has 0 amide bonds. The van der Waals surface area contributed by atoms with E-state index in [0.29, 0.717) is 6.29 Å². The highest BCUT2D eigenvalue weighted by Crippen LogP contribution is 2.14.